The zero-order chi connectivity index (χ0) is 21.0. The van der Waals surface area contributed by atoms with Crippen LogP contribution in [0, 0.1) is 5.92 Å². The maximum Gasteiger partial charge on any atom is 0.293 e. The second-order valence-corrected chi connectivity index (χ2v) is 8.65. The van der Waals surface area contributed by atoms with Crippen molar-refractivity contribution in [3.8, 4) is 0 Å². The fourth-order valence-electron chi connectivity index (χ4n) is 4.01. The molecule has 4 nitrogen and oxygen atoms in total. The zero-order valence-electron chi connectivity index (χ0n) is 16.6. The van der Waals surface area contributed by atoms with Crippen molar-refractivity contribution in [1.82, 2.24) is 5.32 Å². The third kappa shape index (κ3) is 3.61. The standard InChI is InChI=1S/C25H23NO3S/c1-18(29-17-27)22-23(28)26-24(22)30-25(19-11-5-2-6-12-19,20-13-7-3-8-14-20)21-15-9-4-10-16-21/h2-18,22,24H,1H3,(H,26,28). The lowest BCUT2D eigenvalue weighted by molar-refractivity contribution is -0.146. The molecule has 0 aromatic heterocycles. The van der Waals surface area contributed by atoms with E-state index >= 15 is 0 Å². The van der Waals surface area contributed by atoms with Crippen molar-refractivity contribution in [2.75, 3.05) is 0 Å². The second-order valence-electron chi connectivity index (χ2n) is 7.29. The summed E-state index contributed by atoms with van der Waals surface area (Å²) in [4.78, 5) is 23.2. The van der Waals surface area contributed by atoms with E-state index < -0.39 is 16.8 Å². The van der Waals surface area contributed by atoms with Gasteiger partial charge in [0.15, 0.2) is 0 Å². The number of thioether (sulfide) groups is 1. The summed E-state index contributed by atoms with van der Waals surface area (Å²) < 4.78 is 4.58. The fraction of sp³-hybridized carbons (Fsp3) is 0.200. The van der Waals surface area contributed by atoms with Gasteiger partial charge in [0.05, 0.1) is 10.1 Å². The molecule has 1 aliphatic heterocycles. The van der Waals surface area contributed by atoms with Crippen molar-refractivity contribution in [2.45, 2.75) is 23.1 Å². The first-order valence-corrected chi connectivity index (χ1v) is 10.8. The van der Waals surface area contributed by atoms with Crippen LogP contribution >= 0.6 is 11.8 Å². The van der Waals surface area contributed by atoms with Crippen LogP contribution < -0.4 is 5.32 Å². The van der Waals surface area contributed by atoms with Crippen LogP contribution in [-0.4, -0.2) is 23.9 Å². The van der Waals surface area contributed by atoms with Crippen molar-refractivity contribution in [2.24, 2.45) is 5.92 Å². The molecule has 5 heteroatoms. The van der Waals surface area contributed by atoms with Crippen LogP contribution in [-0.2, 0) is 19.1 Å². The molecule has 0 radical (unpaired) electrons. The topological polar surface area (TPSA) is 55.4 Å². The third-order valence-corrected chi connectivity index (χ3v) is 7.26. The molecule has 1 amide bonds. The summed E-state index contributed by atoms with van der Waals surface area (Å²) in [6, 6.07) is 30.9. The van der Waals surface area contributed by atoms with Gasteiger partial charge in [-0.05, 0) is 23.6 Å². The first-order chi connectivity index (χ1) is 14.7. The Balaban J connectivity index is 1.85. The maximum absolute atomic E-state index is 12.3. The predicted octanol–water partition coefficient (Wildman–Crippen LogP) is 4.35. The second kappa shape index (κ2) is 8.76. The van der Waals surface area contributed by atoms with E-state index in [2.05, 4.69) is 41.7 Å². The minimum Gasteiger partial charge on any atom is -0.464 e. The summed E-state index contributed by atoms with van der Waals surface area (Å²) in [5.74, 6) is -0.499. The van der Waals surface area contributed by atoms with E-state index in [4.69, 9.17) is 4.74 Å². The third-order valence-electron chi connectivity index (χ3n) is 5.53. The molecule has 1 aliphatic rings. The van der Waals surface area contributed by atoms with Gasteiger partial charge >= 0.3 is 0 Å². The summed E-state index contributed by atoms with van der Waals surface area (Å²) >= 11 is 1.68. The Kier molecular flexibility index (Phi) is 5.91. The van der Waals surface area contributed by atoms with Crippen molar-refractivity contribution in [1.29, 1.82) is 0 Å². The molecule has 0 bridgehead atoms. The number of amides is 1. The highest BCUT2D eigenvalue weighted by molar-refractivity contribution is 8.01. The summed E-state index contributed by atoms with van der Waals surface area (Å²) in [6.07, 6.45) is -0.492. The highest BCUT2D eigenvalue weighted by atomic mass is 32.2. The van der Waals surface area contributed by atoms with Gasteiger partial charge in [-0.3, -0.25) is 9.59 Å². The normalized spacial score (nSPS) is 19.3. The highest BCUT2D eigenvalue weighted by Crippen LogP contribution is 2.52. The molecule has 1 fully saturated rings. The van der Waals surface area contributed by atoms with E-state index in [1.165, 1.54) is 0 Å². The van der Waals surface area contributed by atoms with Crippen LogP contribution in [0.1, 0.15) is 23.6 Å². The number of benzene rings is 3. The number of hydrogen-bond donors (Lipinski definition) is 1. The summed E-state index contributed by atoms with van der Waals surface area (Å²) in [5.41, 5.74) is 3.36. The first-order valence-electron chi connectivity index (χ1n) is 9.90. The van der Waals surface area contributed by atoms with Crippen LogP contribution in [0.15, 0.2) is 91.0 Å². The molecule has 3 unspecified atom stereocenters. The van der Waals surface area contributed by atoms with Crippen LogP contribution in [0.25, 0.3) is 0 Å². The van der Waals surface area contributed by atoms with Crippen molar-refractivity contribution >= 4 is 24.1 Å². The van der Waals surface area contributed by atoms with Gasteiger partial charge in [0, 0.05) is 0 Å². The molecule has 0 aliphatic carbocycles. The molecule has 0 saturated carbocycles. The number of β-lactam (4-membered cyclic amide) rings is 1. The van der Waals surface area contributed by atoms with E-state index in [9.17, 15) is 9.59 Å². The van der Waals surface area contributed by atoms with Gasteiger partial charge in [-0.25, -0.2) is 0 Å². The number of ether oxygens (including phenoxy) is 1. The molecule has 3 aromatic rings. The molecule has 152 valence electrons. The SMILES string of the molecule is CC(OC=O)C1C(=O)NC1SC(c1ccccc1)(c1ccccc1)c1ccccc1. The quantitative estimate of drug-likeness (QED) is 0.336. The molecule has 4 rings (SSSR count). The van der Waals surface area contributed by atoms with Crippen LogP contribution in [0.5, 0.6) is 0 Å². The average molecular weight is 418 g/mol. The zero-order valence-corrected chi connectivity index (χ0v) is 17.4. The number of rotatable bonds is 8. The van der Waals surface area contributed by atoms with Crippen LogP contribution in [0.3, 0.4) is 0 Å². The molecule has 3 aromatic carbocycles. The van der Waals surface area contributed by atoms with E-state index in [1.807, 2.05) is 54.6 Å². The molecular weight excluding hydrogens is 394 g/mol. The van der Waals surface area contributed by atoms with Gasteiger partial charge in [0.1, 0.15) is 12.0 Å². The Morgan fingerprint density at radius 3 is 1.67 bits per heavy atom. The molecular formula is C25H23NO3S. The van der Waals surface area contributed by atoms with Crippen molar-refractivity contribution in [3.05, 3.63) is 108 Å². The van der Waals surface area contributed by atoms with E-state index in [0.717, 1.165) is 16.7 Å². The predicted molar refractivity (Wildman–Crippen MR) is 119 cm³/mol. The number of carbonyl (C=O) groups excluding carboxylic acids is 2. The van der Waals surface area contributed by atoms with Gasteiger partial charge in [0.2, 0.25) is 5.91 Å². The van der Waals surface area contributed by atoms with Gasteiger partial charge in [0.25, 0.3) is 6.47 Å². The lowest BCUT2D eigenvalue weighted by Crippen LogP contribution is -2.61. The van der Waals surface area contributed by atoms with Crippen molar-refractivity contribution in [3.63, 3.8) is 0 Å². The smallest absolute Gasteiger partial charge is 0.293 e. The number of hydrogen-bond acceptors (Lipinski definition) is 4. The largest absolute Gasteiger partial charge is 0.464 e. The van der Waals surface area contributed by atoms with Gasteiger partial charge in [-0.2, -0.15) is 0 Å². The fourth-order valence-corrected chi connectivity index (χ4v) is 5.88. The Labute approximate surface area is 180 Å². The minimum absolute atomic E-state index is 0.0927. The Bertz CT molecular complexity index is 898. The van der Waals surface area contributed by atoms with Gasteiger partial charge in [-0.1, -0.05) is 91.0 Å². The lowest BCUT2D eigenvalue weighted by Gasteiger charge is -2.45. The molecule has 1 N–H and O–H groups in total. The van der Waals surface area contributed by atoms with E-state index in [-0.39, 0.29) is 11.3 Å². The number of nitrogens with one attached hydrogen (secondary N) is 1. The summed E-state index contributed by atoms with van der Waals surface area (Å²) in [6.45, 7) is 2.18. The molecule has 1 heterocycles. The van der Waals surface area contributed by atoms with Crippen molar-refractivity contribution < 1.29 is 14.3 Å². The highest BCUT2D eigenvalue weighted by Gasteiger charge is 2.50. The Hall–Kier alpha value is -3.05. The first kappa shape index (κ1) is 20.2. The molecule has 1 saturated heterocycles. The molecule has 30 heavy (non-hydrogen) atoms. The average Bonchev–Trinajstić information content (AvgIpc) is 2.78. The minimum atomic E-state index is -0.540. The maximum atomic E-state index is 12.3. The molecule has 3 atom stereocenters. The monoisotopic (exact) mass is 417 g/mol. The lowest BCUT2D eigenvalue weighted by atomic mass is 9.84. The number of carbonyl (C=O) groups is 2. The summed E-state index contributed by atoms with van der Waals surface area (Å²) in [7, 11) is 0. The van der Waals surface area contributed by atoms with E-state index in [1.54, 1.807) is 18.7 Å². The van der Waals surface area contributed by atoms with Gasteiger partial charge in [-0.15, -0.1) is 11.8 Å². The van der Waals surface area contributed by atoms with Crippen LogP contribution in [0.4, 0.5) is 0 Å². The Morgan fingerprint density at radius 1 is 0.867 bits per heavy atom. The molecule has 0 spiro atoms. The van der Waals surface area contributed by atoms with Crippen LogP contribution in [0.2, 0.25) is 0 Å². The Morgan fingerprint density at radius 2 is 1.30 bits per heavy atom. The van der Waals surface area contributed by atoms with E-state index in [0.29, 0.717) is 6.47 Å². The van der Waals surface area contributed by atoms with Gasteiger partial charge < -0.3 is 10.1 Å². The summed E-state index contributed by atoms with van der Waals surface area (Å²) in [5, 5.41) is 2.82.